The van der Waals surface area contributed by atoms with E-state index in [1.54, 1.807) is 13.2 Å². The molecule has 86 valence electrons. The summed E-state index contributed by atoms with van der Waals surface area (Å²) in [7, 11) is 2.93. The quantitative estimate of drug-likeness (QED) is 0.613. The second-order valence-corrected chi connectivity index (χ2v) is 3.14. The van der Waals surface area contributed by atoms with Gasteiger partial charge in [0.25, 0.3) is 0 Å². The molecular formula is C12H15NO3. The summed E-state index contributed by atoms with van der Waals surface area (Å²) < 4.78 is 9.64. The van der Waals surface area contributed by atoms with Gasteiger partial charge < -0.3 is 15.2 Å². The smallest absolute Gasteiger partial charge is 0.335 e. The van der Waals surface area contributed by atoms with E-state index in [-0.39, 0.29) is 6.54 Å². The Morgan fingerprint density at radius 3 is 2.38 bits per heavy atom. The van der Waals surface area contributed by atoms with Gasteiger partial charge in [-0.1, -0.05) is 12.1 Å². The van der Waals surface area contributed by atoms with Crippen molar-refractivity contribution in [3.8, 4) is 5.75 Å². The zero-order valence-corrected chi connectivity index (χ0v) is 9.40. The van der Waals surface area contributed by atoms with Crippen molar-refractivity contribution in [2.75, 3.05) is 20.8 Å². The van der Waals surface area contributed by atoms with Crippen LogP contribution < -0.4 is 10.5 Å². The fourth-order valence-corrected chi connectivity index (χ4v) is 1.23. The molecule has 2 N–H and O–H groups in total. The zero-order valence-electron chi connectivity index (χ0n) is 9.40. The highest BCUT2D eigenvalue weighted by Gasteiger charge is 2.06. The number of carbonyl (C=O) groups excluding carboxylic acids is 1. The molecule has 0 aliphatic carbocycles. The molecule has 0 atom stereocenters. The van der Waals surface area contributed by atoms with E-state index in [4.69, 9.17) is 10.5 Å². The van der Waals surface area contributed by atoms with Crippen LogP contribution in [0.25, 0.3) is 6.08 Å². The van der Waals surface area contributed by atoms with Crippen molar-refractivity contribution in [1.29, 1.82) is 0 Å². The third kappa shape index (κ3) is 3.10. The molecule has 0 amide bonds. The van der Waals surface area contributed by atoms with Gasteiger partial charge in [0, 0.05) is 6.54 Å². The molecule has 0 aromatic heterocycles. The van der Waals surface area contributed by atoms with Crippen molar-refractivity contribution in [2.24, 2.45) is 5.73 Å². The van der Waals surface area contributed by atoms with Gasteiger partial charge in [-0.05, 0) is 23.8 Å². The van der Waals surface area contributed by atoms with Crippen LogP contribution in [-0.4, -0.2) is 26.7 Å². The Morgan fingerprint density at radius 1 is 1.31 bits per heavy atom. The summed E-state index contributed by atoms with van der Waals surface area (Å²) in [6, 6.07) is 7.32. The van der Waals surface area contributed by atoms with Gasteiger partial charge in [0.2, 0.25) is 0 Å². The van der Waals surface area contributed by atoms with Crippen LogP contribution in [0.4, 0.5) is 0 Å². The summed E-state index contributed by atoms with van der Waals surface area (Å²) in [5.74, 6) is 0.364. The third-order valence-electron chi connectivity index (χ3n) is 2.12. The van der Waals surface area contributed by atoms with Crippen LogP contribution >= 0.6 is 0 Å². The van der Waals surface area contributed by atoms with Crippen molar-refractivity contribution in [3.63, 3.8) is 0 Å². The van der Waals surface area contributed by atoms with E-state index < -0.39 is 5.97 Å². The number of esters is 1. The second kappa shape index (κ2) is 5.92. The highest BCUT2D eigenvalue weighted by molar-refractivity contribution is 5.94. The Balaban J connectivity index is 2.91. The maximum absolute atomic E-state index is 11.3. The molecule has 0 bridgehead atoms. The number of rotatable bonds is 4. The highest BCUT2D eigenvalue weighted by atomic mass is 16.5. The van der Waals surface area contributed by atoms with Gasteiger partial charge in [-0.25, -0.2) is 4.79 Å². The molecule has 1 aromatic rings. The summed E-state index contributed by atoms with van der Waals surface area (Å²) in [4.78, 5) is 11.3. The lowest BCUT2D eigenvalue weighted by atomic mass is 10.1. The van der Waals surface area contributed by atoms with E-state index in [1.807, 2.05) is 24.3 Å². The molecule has 0 heterocycles. The van der Waals surface area contributed by atoms with Gasteiger partial charge >= 0.3 is 5.97 Å². The molecule has 1 rings (SSSR count). The number of ether oxygens (including phenoxy) is 2. The summed E-state index contributed by atoms with van der Waals surface area (Å²) in [6.45, 7) is 0.151. The van der Waals surface area contributed by atoms with E-state index >= 15 is 0 Å². The van der Waals surface area contributed by atoms with Crippen LogP contribution in [0, 0.1) is 0 Å². The van der Waals surface area contributed by atoms with Gasteiger partial charge in [-0.2, -0.15) is 0 Å². The lowest BCUT2D eigenvalue weighted by Crippen LogP contribution is -2.13. The van der Waals surface area contributed by atoms with E-state index in [2.05, 4.69) is 4.74 Å². The Labute approximate surface area is 94.7 Å². The minimum Gasteiger partial charge on any atom is -0.497 e. The summed E-state index contributed by atoms with van der Waals surface area (Å²) in [5.41, 5.74) is 6.78. The van der Waals surface area contributed by atoms with Gasteiger partial charge in [0.05, 0.1) is 19.8 Å². The Bertz CT molecular complexity index is 382. The Morgan fingerprint density at radius 2 is 1.94 bits per heavy atom. The van der Waals surface area contributed by atoms with Crippen LogP contribution in [0.2, 0.25) is 0 Å². The number of hydrogen-bond donors (Lipinski definition) is 1. The zero-order chi connectivity index (χ0) is 12.0. The third-order valence-corrected chi connectivity index (χ3v) is 2.12. The van der Waals surface area contributed by atoms with Crippen molar-refractivity contribution in [3.05, 3.63) is 35.4 Å². The number of carbonyl (C=O) groups is 1. The molecule has 0 fully saturated rings. The monoisotopic (exact) mass is 221 g/mol. The van der Waals surface area contributed by atoms with E-state index in [0.29, 0.717) is 5.57 Å². The molecule has 0 radical (unpaired) electrons. The summed E-state index contributed by atoms with van der Waals surface area (Å²) >= 11 is 0. The minimum atomic E-state index is -0.404. The van der Waals surface area contributed by atoms with Gasteiger partial charge in [0.15, 0.2) is 0 Å². The largest absolute Gasteiger partial charge is 0.497 e. The molecule has 0 aliphatic rings. The first kappa shape index (κ1) is 12.3. The Hall–Kier alpha value is -1.81. The lowest BCUT2D eigenvalue weighted by molar-refractivity contribution is -0.136. The summed E-state index contributed by atoms with van der Waals surface area (Å²) in [6.07, 6.45) is 1.70. The minimum absolute atomic E-state index is 0.151. The first-order valence-electron chi connectivity index (χ1n) is 4.84. The van der Waals surface area contributed by atoms with Crippen molar-refractivity contribution < 1.29 is 14.3 Å². The highest BCUT2D eigenvalue weighted by Crippen LogP contribution is 2.14. The van der Waals surface area contributed by atoms with Gasteiger partial charge in [-0.15, -0.1) is 0 Å². The molecule has 0 saturated carbocycles. The summed E-state index contributed by atoms with van der Waals surface area (Å²) in [5, 5.41) is 0. The van der Waals surface area contributed by atoms with Crippen LogP contribution in [0.3, 0.4) is 0 Å². The molecule has 4 heteroatoms. The average Bonchev–Trinajstić information content (AvgIpc) is 2.35. The maximum atomic E-state index is 11.3. The van der Waals surface area contributed by atoms with E-state index in [9.17, 15) is 4.79 Å². The number of methoxy groups -OCH3 is 2. The second-order valence-electron chi connectivity index (χ2n) is 3.14. The van der Waals surface area contributed by atoms with Crippen molar-refractivity contribution in [2.45, 2.75) is 0 Å². The van der Waals surface area contributed by atoms with Crippen LogP contribution in [0.1, 0.15) is 5.56 Å². The SMILES string of the molecule is COC(=O)C(=Cc1ccc(OC)cc1)CN. The van der Waals surface area contributed by atoms with Gasteiger partial charge in [0.1, 0.15) is 5.75 Å². The normalized spacial score (nSPS) is 11.1. The molecule has 0 aliphatic heterocycles. The maximum Gasteiger partial charge on any atom is 0.335 e. The standard InChI is InChI=1S/C12H15NO3/c1-15-11-5-3-9(4-6-11)7-10(8-13)12(14)16-2/h3-7H,8,13H2,1-2H3. The predicted octanol–water partition coefficient (Wildman–Crippen LogP) is 1.21. The van der Waals surface area contributed by atoms with Gasteiger partial charge in [-0.3, -0.25) is 0 Å². The molecular weight excluding hydrogens is 206 g/mol. The number of benzene rings is 1. The topological polar surface area (TPSA) is 61.5 Å². The average molecular weight is 221 g/mol. The molecule has 4 nitrogen and oxygen atoms in total. The molecule has 16 heavy (non-hydrogen) atoms. The molecule has 1 aromatic carbocycles. The van der Waals surface area contributed by atoms with Crippen LogP contribution in [0.5, 0.6) is 5.75 Å². The number of nitrogens with two attached hydrogens (primary N) is 1. The Kier molecular flexibility index (Phi) is 4.54. The lowest BCUT2D eigenvalue weighted by Gasteiger charge is -2.03. The predicted molar refractivity (Wildman–Crippen MR) is 62.0 cm³/mol. The van der Waals surface area contributed by atoms with E-state index in [1.165, 1.54) is 7.11 Å². The van der Waals surface area contributed by atoms with E-state index in [0.717, 1.165) is 11.3 Å². The fraction of sp³-hybridized carbons (Fsp3) is 0.250. The molecule has 0 saturated heterocycles. The first-order chi connectivity index (χ1) is 7.71. The molecule has 0 spiro atoms. The van der Waals surface area contributed by atoms with Crippen molar-refractivity contribution in [1.82, 2.24) is 0 Å². The molecule has 0 unspecified atom stereocenters. The fourth-order valence-electron chi connectivity index (χ4n) is 1.23. The van der Waals surface area contributed by atoms with Crippen LogP contribution in [0.15, 0.2) is 29.8 Å². The van der Waals surface area contributed by atoms with Crippen LogP contribution in [-0.2, 0) is 9.53 Å². The van der Waals surface area contributed by atoms with Crippen molar-refractivity contribution >= 4 is 12.0 Å². The number of hydrogen-bond acceptors (Lipinski definition) is 4. The first-order valence-corrected chi connectivity index (χ1v) is 4.84.